The number of sulfone groups is 1. The Kier molecular flexibility index (Phi) is 4.60. The minimum Gasteiger partial charge on any atom is -0.330 e. The standard InChI is InChI=1S/C14H22N2O2S/c1-12-11-19(17,18)8-7-16(12)10-14(9-15)13-5-3-2-4-6-13/h2-6,12,14H,7-11,15H2,1H3. The Labute approximate surface area is 115 Å². The van der Waals surface area contributed by atoms with E-state index in [0.29, 0.717) is 13.1 Å². The van der Waals surface area contributed by atoms with Crippen molar-refractivity contribution in [1.82, 2.24) is 4.90 Å². The maximum atomic E-state index is 11.6. The average Bonchev–Trinajstić information content (AvgIpc) is 2.38. The molecular formula is C14H22N2O2S. The Hall–Kier alpha value is -0.910. The Balaban J connectivity index is 2.04. The zero-order chi connectivity index (χ0) is 13.9. The van der Waals surface area contributed by atoms with Crippen molar-refractivity contribution in [3.8, 4) is 0 Å². The van der Waals surface area contributed by atoms with E-state index in [2.05, 4.69) is 17.0 Å². The first-order chi connectivity index (χ1) is 9.02. The van der Waals surface area contributed by atoms with Gasteiger partial charge in [-0.25, -0.2) is 8.42 Å². The Morgan fingerprint density at radius 1 is 1.37 bits per heavy atom. The van der Waals surface area contributed by atoms with Crippen LogP contribution in [0.25, 0.3) is 0 Å². The summed E-state index contributed by atoms with van der Waals surface area (Å²) in [6, 6.07) is 10.3. The molecule has 2 unspecified atom stereocenters. The lowest BCUT2D eigenvalue weighted by atomic mass is 9.98. The van der Waals surface area contributed by atoms with E-state index in [0.717, 1.165) is 6.54 Å². The van der Waals surface area contributed by atoms with Gasteiger partial charge in [0.15, 0.2) is 9.84 Å². The fraction of sp³-hybridized carbons (Fsp3) is 0.571. The van der Waals surface area contributed by atoms with Gasteiger partial charge in [0, 0.05) is 31.6 Å². The molecule has 1 aromatic carbocycles. The van der Waals surface area contributed by atoms with E-state index in [4.69, 9.17) is 5.73 Å². The van der Waals surface area contributed by atoms with Crippen molar-refractivity contribution in [2.45, 2.75) is 18.9 Å². The molecule has 0 aromatic heterocycles. The maximum absolute atomic E-state index is 11.6. The van der Waals surface area contributed by atoms with Crippen LogP contribution in [0.5, 0.6) is 0 Å². The van der Waals surface area contributed by atoms with Gasteiger partial charge in [-0.2, -0.15) is 0 Å². The molecule has 2 atom stereocenters. The van der Waals surface area contributed by atoms with Gasteiger partial charge in [-0.05, 0) is 12.5 Å². The molecule has 4 nitrogen and oxygen atoms in total. The van der Waals surface area contributed by atoms with Gasteiger partial charge in [-0.15, -0.1) is 0 Å². The average molecular weight is 282 g/mol. The highest BCUT2D eigenvalue weighted by molar-refractivity contribution is 7.91. The SMILES string of the molecule is CC1CS(=O)(=O)CCN1CC(CN)c1ccccc1. The van der Waals surface area contributed by atoms with E-state index >= 15 is 0 Å². The quantitative estimate of drug-likeness (QED) is 0.889. The van der Waals surface area contributed by atoms with E-state index in [1.807, 2.05) is 25.1 Å². The normalized spacial score (nSPS) is 25.1. The molecule has 1 fully saturated rings. The van der Waals surface area contributed by atoms with E-state index in [1.54, 1.807) is 0 Å². The summed E-state index contributed by atoms with van der Waals surface area (Å²) in [5, 5.41) is 0. The van der Waals surface area contributed by atoms with Gasteiger partial charge >= 0.3 is 0 Å². The number of nitrogens with two attached hydrogens (primary N) is 1. The Morgan fingerprint density at radius 3 is 2.63 bits per heavy atom. The van der Waals surface area contributed by atoms with Crippen molar-refractivity contribution in [2.75, 3.05) is 31.1 Å². The lowest BCUT2D eigenvalue weighted by molar-refractivity contribution is 0.213. The molecular weight excluding hydrogens is 260 g/mol. The van der Waals surface area contributed by atoms with E-state index in [9.17, 15) is 8.42 Å². The topological polar surface area (TPSA) is 63.4 Å². The summed E-state index contributed by atoms with van der Waals surface area (Å²) in [5.41, 5.74) is 7.10. The molecule has 106 valence electrons. The van der Waals surface area contributed by atoms with Crippen molar-refractivity contribution in [2.24, 2.45) is 5.73 Å². The van der Waals surface area contributed by atoms with Gasteiger partial charge in [-0.1, -0.05) is 30.3 Å². The van der Waals surface area contributed by atoms with Gasteiger partial charge in [0.1, 0.15) is 0 Å². The van der Waals surface area contributed by atoms with Crippen LogP contribution in [0.15, 0.2) is 30.3 Å². The molecule has 1 heterocycles. The predicted molar refractivity (Wildman–Crippen MR) is 77.9 cm³/mol. The molecule has 0 amide bonds. The molecule has 2 N–H and O–H groups in total. The summed E-state index contributed by atoms with van der Waals surface area (Å²) in [4.78, 5) is 2.24. The highest BCUT2D eigenvalue weighted by Gasteiger charge is 2.29. The number of rotatable bonds is 4. The second-order valence-electron chi connectivity index (χ2n) is 5.30. The Bertz CT molecular complexity index is 501. The van der Waals surface area contributed by atoms with Crippen LogP contribution in [-0.2, 0) is 9.84 Å². The van der Waals surface area contributed by atoms with Crippen molar-refractivity contribution < 1.29 is 8.42 Å². The monoisotopic (exact) mass is 282 g/mol. The van der Waals surface area contributed by atoms with Crippen LogP contribution in [0.1, 0.15) is 18.4 Å². The summed E-state index contributed by atoms with van der Waals surface area (Å²) in [6.45, 7) is 4.01. The van der Waals surface area contributed by atoms with E-state index < -0.39 is 9.84 Å². The summed E-state index contributed by atoms with van der Waals surface area (Å²) in [6.07, 6.45) is 0. The second kappa shape index (κ2) is 6.03. The van der Waals surface area contributed by atoms with Crippen LogP contribution >= 0.6 is 0 Å². The summed E-state index contributed by atoms with van der Waals surface area (Å²) in [7, 11) is -2.84. The van der Waals surface area contributed by atoms with Crippen molar-refractivity contribution in [3.63, 3.8) is 0 Å². The van der Waals surface area contributed by atoms with Crippen molar-refractivity contribution in [3.05, 3.63) is 35.9 Å². The minimum absolute atomic E-state index is 0.0801. The first kappa shape index (κ1) is 14.5. The predicted octanol–water partition coefficient (Wildman–Crippen LogP) is 0.848. The number of nitrogens with zero attached hydrogens (tertiary/aromatic N) is 1. The van der Waals surface area contributed by atoms with Gasteiger partial charge < -0.3 is 5.73 Å². The molecule has 0 saturated carbocycles. The van der Waals surface area contributed by atoms with Gasteiger partial charge in [0.25, 0.3) is 0 Å². The largest absolute Gasteiger partial charge is 0.330 e. The van der Waals surface area contributed by atoms with Gasteiger partial charge in [0.2, 0.25) is 0 Å². The molecule has 1 aliphatic rings. The third kappa shape index (κ3) is 3.78. The molecule has 5 heteroatoms. The molecule has 1 saturated heterocycles. The number of hydrogen-bond donors (Lipinski definition) is 1. The first-order valence-corrected chi connectivity index (χ1v) is 8.53. The third-order valence-electron chi connectivity index (χ3n) is 3.82. The van der Waals surface area contributed by atoms with E-state index in [1.165, 1.54) is 5.56 Å². The lowest BCUT2D eigenvalue weighted by Crippen LogP contribution is -2.48. The first-order valence-electron chi connectivity index (χ1n) is 6.71. The molecule has 0 aliphatic carbocycles. The van der Waals surface area contributed by atoms with Crippen molar-refractivity contribution in [1.29, 1.82) is 0 Å². The zero-order valence-corrected chi connectivity index (χ0v) is 12.1. The van der Waals surface area contributed by atoms with Crippen LogP contribution in [0.3, 0.4) is 0 Å². The molecule has 0 spiro atoms. The van der Waals surface area contributed by atoms with Gasteiger partial charge in [-0.3, -0.25) is 4.90 Å². The highest BCUT2D eigenvalue weighted by atomic mass is 32.2. The summed E-state index contributed by atoms with van der Waals surface area (Å²) in [5.74, 6) is 0.798. The molecule has 19 heavy (non-hydrogen) atoms. The van der Waals surface area contributed by atoms with Crippen LogP contribution in [0, 0.1) is 0 Å². The zero-order valence-electron chi connectivity index (χ0n) is 11.3. The summed E-state index contributed by atoms with van der Waals surface area (Å²) < 4.78 is 23.2. The fourth-order valence-corrected chi connectivity index (χ4v) is 4.25. The second-order valence-corrected chi connectivity index (χ2v) is 7.53. The van der Waals surface area contributed by atoms with Crippen LogP contribution in [0.4, 0.5) is 0 Å². The highest BCUT2D eigenvalue weighted by Crippen LogP contribution is 2.19. The van der Waals surface area contributed by atoms with Crippen molar-refractivity contribution >= 4 is 9.84 Å². The fourth-order valence-electron chi connectivity index (χ4n) is 2.63. The molecule has 0 bridgehead atoms. The summed E-state index contributed by atoms with van der Waals surface area (Å²) >= 11 is 0. The van der Waals surface area contributed by atoms with E-state index in [-0.39, 0.29) is 23.5 Å². The molecule has 1 aliphatic heterocycles. The smallest absolute Gasteiger partial charge is 0.153 e. The number of benzene rings is 1. The molecule has 2 rings (SSSR count). The lowest BCUT2D eigenvalue weighted by Gasteiger charge is -2.35. The van der Waals surface area contributed by atoms with Crippen LogP contribution in [0.2, 0.25) is 0 Å². The van der Waals surface area contributed by atoms with Crippen LogP contribution in [-0.4, -0.2) is 50.5 Å². The third-order valence-corrected chi connectivity index (χ3v) is 5.61. The molecule has 0 radical (unpaired) electrons. The number of hydrogen-bond acceptors (Lipinski definition) is 4. The van der Waals surface area contributed by atoms with Gasteiger partial charge in [0.05, 0.1) is 11.5 Å². The molecule has 1 aromatic rings. The minimum atomic E-state index is -2.84. The Morgan fingerprint density at radius 2 is 2.05 bits per heavy atom. The maximum Gasteiger partial charge on any atom is 0.153 e. The van der Waals surface area contributed by atoms with Crippen LogP contribution < -0.4 is 5.73 Å².